The molecule has 1 unspecified atom stereocenters. The lowest BCUT2D eigenvalue weighted by atomic mass is 10.1. The molecule has 0 saturated heterocycles. The van der Waals surface area contributed by atoms with Crippen molar-refractivity contribution in [3.8, 4) is 5.69 Å². The Balaban J connectivity index is 1.33. The summed E-state index contributed by atoms with van der Waals surface area (Å²) in [6.45, 7) is 2.06. The van der Waals surface area contributed by atoms with Crippen LogP contribution < -0.4 is 5.32 Å². The lowest BCUT2D eigenvalue weighted by Gasteiger charge is -2.14. The monoisotopic (exact) mass is 552 g/mol. The Labute approximate surface area is 232 Å². The highest BCUT2D eigenvalue weighted by Crippen LogP contribution is 2.29. The maximum atomic E-state index is 12.5. The second kappa shape index (κ2) is 13.7. The number of nitrogens with zero attached hydrogens (tertiary/aromatic N) is 3. The zero-order valence-electron chi connectivity index (χ0n) is 20.7. The van der Waals surface area contributed by atoms with Crippen LogP contribution in [0.25, 0.3) is 5.69 Å². The number of rotatable bonds is 12. The summed E-state index contributed by atoms with van der Waals surface area (Å²) >= 11 is 14.1. The predicted molar refractivity (Wildman–Crippen MR) is 153 cm³/mol. The van der Waals surface area contributed by atoms with Gasteiger partial charge in [0.05, 0.1) is 15.7 Å². The standard InChI is InChI=1S/C29H30Cl2N4OS/c1-21(14-15-22-9-4-2-5-10-22)32-28(36)13-8-18-37-29-34-33-27(19-23-11-6-3-7-12-23)35(29)24-16-17-25(30)26(31)20-24/h2-7,9-12,16-17,20-21H,8,13-15,18-19H2,1H3,(H,32,36). The Morgan fingerprint density at radius 3 is 2.35 bits per heavy atom. The van der Waals surface area contributed by atoms with E-state index in [4.69, 9.17) is 23.2 Å². The van der Waals surface area contributed by atoms with Gasteiger partial charge < -0.3 is 5.32 Å². The van der Waals surface area contributed by atoms with Crippen molar-refractivity contribution in [2.24, 2.45) is 0 Å². The topological polar surface area (TPSA) is 59.8 Å². The Morgan fingerprint density at radius 2 is 1.65 bits per heavy atom. The van der Waals surface area contributed by atoms with Crippen molar-refractivity contribution >= 4 is 40.9 Å². The predicted octanol–water partition coefficient (Wildman–Crippen LogP) is 7.17. The first-order valence-electron chi connectivity index (χ1n) is 12.4. The SMILES string of the molecule is CC(CCc1ccccc1)NC(=O)CCCSc1nnc(Cc2ccccc2)n1-c1ccc(Cl)c(Cl)c1. The van der Waals surface area contributed by atoms with Gasteiger partial charge in [0.15, 0.2) is 5.16 Å². The zero-order chi connectivity index (χ0) is 26.0. The number of carbonyl (C=O) groups excluding carboxylic acids is 1. The summed E-state index contributed by atoms with van der Waals surface area (Å²) < 4.78 is 2.02. The van der Waals surface area contributed by atoms with Crippen LogP contribution in [-0.4, -0.2) is 32.5 Å². The molecule has 0 fully saturated rings. The molecular formula is C29H30Cl2N4OS. The number of halogens is 2. The first kappa shape index (κ1) is 27.2. The molecule has 0 aliphatic carbocycles. The van der Waals surface area contributed by atoms with Gasteiger partial charge in [-0.1, -0.05) is 95.6 Å². The summed E-state index contributed by atoms with van der Waals surface area (Å²) in [4.78, 5) is 12.5. The molecule has 1 N–H and O–H groups in total. The fourth-order valence-electron chi connectivity index (χ4n) is 4.01. The van der Waals surface area contributed by atoms with Gasteiger partial charge in [0.1, 0.15) is 5.82 Å². The Hall–Kier alpha value is -2.80. The first-order valence-corrected chi connectivity index (χ1v) is 14.1. The van der Waals surface area contributed by atoms with Crippen molar-refractivity contribution in [1.29, 1.82) is 0 Å². The molecule has 0 bridgehead atoms. The summed E-state index contributed by atoms with van der Waals surface area (Å²) in [6.07, 6.45) is 3.72. The lowest BCUT2D eigenvalue weighted by Crippen LogP contribution is -2.32. The Kier molecular flexibility index (Phi) is 10.1. The fourth-order valence-corrected chi connectivity index (χ4v) is 5.22. The number of thioether (sulfide) groups is 1. The van der Waals surface area contributed by atoms with Crippen molar-refractivity contribution in [1.82, 2.24) is 20.1 Å². The van der Waals surface area contributed by atoms with Crippen LogP contribution in [0.2, 0.25) is 10.0 Å². The summed E-state index contributed by atoms with van der Waals surface area (Å²) in [5.74, 6) is 1.64. The molecule has 0 aliphatic heterocycles. The van der Waals surface area contributed by atoms with Gasteiger partial charge in [0.2, 0.25) is 5.91 Å². The number of nitrogens with one attached hydrogen (secondary N) is 1. The van der Waals surface area contributed by atoms with E-state index in [1.54, 1.807) is 17.8 Å². The van der Waals surface area contributed by atoms with Crippen LogP contribution in [0.1, 0.15) is 43.1 Å². The second-order valence-electron chi connectivity index (χ2n) is 8.94. The number of aromatic nitrogens is 3. The van der Waals surface area contributed by atoms with Gasteiger partial charge in [-0.25, -0.2) is 0 Å². The van der Waals surface area contributed by atoms with E-state index >= 15 is 0 Å². The minimum atomic E-state index is 0.0804. The first-order chi connectivity index (χ1) is 18.0. The molecular weight excluding hydrogens is 523 g/mol. The van der Waals surface area contributed by atoms with Crippen LogP contribution in [0.15, 0.2) is 84.0 Å². The van der Waals surface area contributed by atoms with Gasteiger partial charge in [0.25, 0.3) is 0 Å². The van der Waals surface area contributed by atoms with Crippen LogP contribution in [0.3, 0.4) is 0 Å². The third-order valence-electron chi connectivity index (χ3n) is 5.96. The van der Waals surface area contributed by atoms with Gasteiger partial charge in [-0.2, -0.15) is 0 Å². The van der Waals surface area contributed by atoms with Gasteiger partial charge >= 0.3 is 0 Å². The molecule has 37 heavy (non-hydrogen) atoms. The molecule has 5 nitrogen and oxygen atoms in total. The largest absolute Gasteiger partial charge is 0.354 e. The van der Waals surface area contributed by atoms with Crippen molar-refractivity contribution in [2.75, 3.05) is 5.75 Å². The number of hydrogen-bond donors (Lipinski definition) is 1. The molecule has 3 aromatic carbocycles. The molecule has 4 aromatic rings. The van der Waals surface area contributed by atoms with Crippen molar-refractivity contribution in [2.45, 2.75) is 50.2 Å². The second-order valence-corrected chi connectivity index (χ2v) is 10.8. The van der Waals surface area contributed by atoms with Crippen molar-refractivity contribution in [3.63, 3.8) is 0 Å². The van der Waals surface area contributed by atoms with E-state index in [0.717, 1.165) is 47.2 Å². The van der Waals surface area contributed by atoms with Crippen LogP contribution >= 0.6 is 35.0 Å². The van der Waals surface area contributed by atoms with E-state index in [-0.39, 0.29) is 11.9 Å². The molecule has 0 radical (unpaired) electrons. The summed E-state index contributed by atoms with van der Waals surface area (Å²) in [7, 11) is 0. The number of amides is 1. The highest BCUT2D eigenvalue weighted by atomic mass is 35.5. The van der Waals surface area contributed by atoms with Crippen molar-refractivity contribution in [3.05, 3.63) is 106 Å². The van der Waals surface area contributed by atoms with E-state index < -0.39 is 0 Å². The highest BCUT2D eigenvalue weighted by Gasteiger charge is 2.16. The van der Waals surface area contributed by atoms with E-state index in [1.807, 2.05) is 53.1 Å². The van der Waals surface area contributed by atoms with Crippen molar-refractivity contribution < 1.29 is 4.79 Å². The molecule has 0 aliphatic rings. The van der Waals surface area contributed by atoms with Gasteiger partial charge in [-0.3, -0.25) is 9.36 Å². The zero-order valence-corrected chi connectivity index (χ0v) is 23.1. The van der Waals surface area contributed by atoms with E-state index in [0.29, 0.717) is 22.9 Å². The number of hydrogen-bond acceptors (Lipinski definition) is 4. The number of carbonyl (C=O) groups is 1. The fraction of sp³-hybridized carbons (Fsp3) is 0.276. The average Bonchev–Trinajstić information content (AvgIpc) is 3.30. The Bertz CT molecular complexity index is 1300. The molecule has 0 saturated carbocycles. The van der Waals surface area contributed by atoms with E-state index in [9.17, 15) is 4.79 Å². The number of benzene rings is 3. The molecule has 4 rings (SSSR count). The molecule has 1 amide bonds. The molecule has 1 aromatic heterocycles. The van der Waals surface area contributed by atoms with Gasteiger partial charge in [-0.15, -0.1) is 10.2 Å². The minimum Gasteiger partial charge on any atom is -0.354 e. The van der Waals surface area contributed by atoms with E-state index in [2.05, 4.69) is 46.7 Å². The van der Waals surface area contributed by atoms with Crippen LogP contribution in [0, 0.1) is 0 Å². The quantitative estimate of drug-likeness (QED) is 0.149. The molecule has 8 heteroatoms. The maximum absolute atomic E-state index is 12.5. The minimum absolute atomic E-state index is 0.0804. The maximum Gasteiger partial charge on any atom is 0.220 e. The molecule has 192 valence electrons. The normalized spacial score (nSPS) is 11.9. The molecule has 1 heterocycles. The third-order valence-corrected chi connectivity index (χ3v) is 7.72. The highest BCUT2D eigenvalue weighted by molar-refractivity contribution is 7.99. The van der Waals surface area contributed by atoms with Crippen LogP contribution in [0.5, 0.6) is 0 Å². The third kappa shape index (κ3) is 8.09. The van der Waals surface area contributed by atoms with E-state index in [1.165, 1.54) is 5.56 Å². The summed E-state index contributed by atoms with van der Waals surface area (Å²) in [5.41, 5.74) is 3.29. The number of aryl methyl sites for hydroxylation is 1. The summed E-state index contributed by atoms with van der Waals surface area (Å²) in [5, 5.41) is 13.8. The summed E-state index contributed by atoms with van der Waals surface area (Å²) in [6, 6.07) is 26.2. The van der Waals surface area contributed by atoms with Crippen LogP contribution in [-0.2, 0) is 17.6 Å². The van der Waals surface area contributed by atoms with Gasteiger partial charge in [0, 0.05) is 24.6 Å². The lowest BCUT2D eigenvalue weighted by molar-refractivity contribution is -0.121. The van der Waals surface area contributed by atoms with Gasteiger partial charge in [-0.05, 0) is 55.5 Å². The molecule has 1 atom stereocenters. The van der Waals surface area contributed by atoms with Crippen LogP contribution in [0.4, 0.5) is 0 Å². The average molecular weight is 554 g/mol. The smallest absolute Gasteiger partial charge is 0.220 e. The molecule has 0 spiro atoms. The Morgan fingerprint density at radius 1 is 0.946 bits per heavy atom.